The fourth-order valence-corrected chi connectivity index (χ4v) is 4.37. The van der Waals surface area contributed by atoms with Gasteiger partial charge in [0.15, 0.2) is 0 Å². The second kappa shape index (κ2) is 8.30. The summed E-state index contributed by atoms with van der Waals surface area (Å²) in [7, 11) is 0. The van der Waals surface area contributed by atoms with Gasteiger partial charge in [0, 0.05) is 29.1 Å². The number of amides is 1. The summed E-state index contributed by atoms with van der Waals surface area (Å²) in [5, 5.41) is 0.484. The highest BCUT2D eigenvalue weighted by Gasteiger charge is 2.38. The van der Waals surface area contributed by atoms with Gasteiger partial charge in [-0.25, -0.2) is 13.6 Å². The van der Waals surface area contributed by atoms with E-state index in [1.54, 1.807) is 13.8 Å². The number of aromatic amines is 1. The molecule has 0 radical (unpaired) electrons. The van der Waals surface area contributed by atoms with Gasteiger partial charge in [0.1, 0.15) is 11.6 Å². The summed E-state index contributed by atoms with van der Waals surface area (Å²) >= 11 is 5.65. The zero-order valence-corrected chi connectivity index (χ0v) is 19.4. The third kappa shape index (κ3) is 4.13. The van der Waals surface area contributed by atoms with Gasteiger partial charge in [-0.2, -0.15) is 0 Å². The van der Waals surface area contributed by atoms with Crippen LogP contribution in [-0.2, 0) is 14.9 Å². The van der Waals surface area contributed by atoms with Gasteiger partial charge in [-0.05, 0) is 37.6 Å². The Morgan fingerprint density at radius 1 is 1.15 bits per heavy atom. The molecule has 2 aromatic carbocycles. The van der Waals surface area contributed by atoms with Crippen LogP contribution in [0, 0.1) is 11.6 Å². The van der Waals surface area contributed by atoms with Crippen LogP contribution in [0.5, 0.6) is 0 Å². The van der Waals surface area contributed by atoms with Crippen LogP contribution < -0.4 is 0 Å². The average Bonchev–Trinajstić information content (AvgIpc) is 3.07. The lowest BCUT2D eigenvalue weighted by atomic mass is 9.81. The zero-order valence-electron chi connectivity index (χ0n) is 18.6. The molecular weight excluding hydrogens is 450 g/mol. The van der Waals surface area contributed by atoms with Gasteiger partial charge in [-0.15, -0.1) is 0 Å². The largest absolute Gasteiger partial charge is 0.459 e. The van der Waals surface area contributed by atoms with Crippen LogP contribution in [0.2, 0.25) is 5.02 Å². The predicted octanol–water partition coefficient (Wildman–Crippen LogP) is 5.83. The second-order valence-corrected chi connectivity index (χ2v) is 9.39. The van der Waals surface area contributed by atoms with Crippen LogP contribution in [0.25, 0.3) is 16.5 Å². The van der Waals surface area contributed by atoms with Crippen LogP contribution >= 0.6 is 11.6 Å². The number of aromatic nitrogens is 1. The van der Waals surface area contributed by atoms with E-state index in [4.69, 9.17) is 16.3 Å². The fraction of sp³-hybridized carbons (Fsp3) is 0.280. The molecule has 1 aliphatic heterocycles. The van der Waals surface area contributed by atoms with Crippen molar-refractivity contribution in [2.45, 2.75) is 39.2 Å². The van der Waals surface area contributed by atoms with E-state index in [1.165, 1.54) is 11.1 Å². The lowest BCUT2D eigenvalue weighted by molar-refractivity contribution is -0.140. The van der Waals surface area contributed by atoms with Crippen molar-refractivity contribution >= 4 is 40.0 Å². The minimum Gasteiger partial charge on any atom is -0.459 e. The van der Waals surface area contributed by atoms with Crippen molar-refractivity contribution < 1.29 is 23.1 Å². The molecule has 1 aromatic heterocycles. The third-order valence-electron chi connectivity index (χ3n) is 5.57. The number of nitrogens with zero attached hydrogens (tertiary/aromatic N) is 1. The molecule has 5 nitrogen and oxygen atoms in total. The van der Waals surface area contributed by atoms with E-state index >= 15 is 0 Å². The number of fused-ring (bicyclic) bond motifs is 3. The topological polar surface area (TPSA) is 62.4 Å². The maximum atomic E-state index is 14.6. The lowest BCUT2D eigenvalue weighted by Crippen LogP contribution is -2.37. The van der Waals surface area contributed by atoms with Crippen molar-refractivity contribution in [2.75, 3.05) is 6.54 Å². The molecule has 0 saturated carbocycles. The van der Waals surface area contributed by atoms with Crippen molar-refractivity contribution in [3.8, 4) is 0 Å². The minimum absolute atomic E-state index is 0.114. The number of carbonyl (C=O) groups is 2. The summed E-state index contributed by atoms with van der Waals surface area (Å²) in [6.45, 7) is 7.41. The molecule has 4 rings (SSSR count). The van der Waals surface area contributed by atoms with Gasteiger partial charge in [-0.3, -0.25) is 4.79 Å². The first-order valence-corrected chi connectivity index (χ1v) is 10.9. The highest BCUT2D eigenvalue weighted by Crippen LogP contribution is 2.40. The molecule has 172 valence electrons. The van der Waals surface area contributed by atoms with Crippen LogP contribution in [0.3, 0.4) is 0 Å². The number of hydrogen-bond donors (Lipinski definition) is 1. The molecule has 0 fully saturated rings. The first kappa shape index (κ1) is 23.0. The number of para-hydroxylation sites is 1. The molecule has 1 amide bonds. The number of benzene rings is 2. The van der Waals surface area contributed by atoms with E-state index < -0.39 is 45.6 Å². The van der Waals surface area contributed by atoms with Crippen molar-refractivity contribution in [1.29, 1.82) is 0 Å². The van der Waals surface area contributed by atoms with Crippen LogP contribution in [-0.4, -0.2) is 34.4 Å². The Balaban J connectivity index is 1.91. The van der Waals surface area contributed by atoms with Gasteiger partial charge in [0.05, 0.1) is 28.0 Å². The second-order valence-electron chi connectivity index (χ2n) is 8.98. The van der Waals surface area contributed by atoms with E-state index in [0.717, 1.165) is 28.6 Å². The van der Waals surface area contributed by atoms with Crippen molar-refractivity contribution in [1.82, 2.24) is 9.88 Å². The minimum atomic E-state index is -0.947. The molecular formula is C25H23ClF2N2O3. The number of nitrogens with one attached hydrogen (secondary N) is 1. The van der Waals surface area contributed by atoms with Crippen molar-refractivity contribution in [2.24, 2.45) is 0 Å². The van der Waals surface area contributed by atoms with Gasteiger partial charge in [-0.1, -0.05) is 43.6 Å². The van der Waals surface area contributed by atoms with Gasteiger partial charge < -0.3 is 14.6 Å². The zero-order chi connectivity index (χ0) is 24.1. The number of rotatable bonds is 3. The van der Waals surface area contributed by atoms with Crippen LogP contribution in [0.1, 0.15) is 49.3 Å². The predicted molar refractivity (Wildman–Crippen MR) is 123 cm³/mol. The summed E-state index contributed by atoms with van der Waals surface area (Å²) < 4.78 is 34.0. The fourth-order valence-electron chi connectivity index (χ4n) is 4.22. The van der Waals surface area contributed by atoms with E-state index in [0.29, 0.717) is 5.69 Å². The van der Waals surface area contributed by atoms with E-state index in [2.05, 4.69) is 4.98 Å². The maximum absolute atomic E-state index is 14.6. The molecule has 0 saturated heterocycles. The molecule has 0 aliphatic carbocycles. The molecule has 1 N–H and O–H groups in total. The first-order valence-electron chi connectivity index (χ1n) is 10.5. The average molecular weight is 473 g/mol. The highest BCUT2D eigenvalue weighted by molar-refractivity contribution is 6.30. The molecule has 0 unspecified atom stereocenters. The Morgan fingerprint density at radius 3 is 2.55 bits per heavy atom. The maximum Gasteiger partial charge on any atom is 0.342 e. The molecule has 0 bridgehead atoms. The first-order chi connectivity index (χ1) is 15.5. The van der Waals surface area contributed by atoms with Gasteiger partial charge in [0.2, 0.25) is 0 Å². The molecule has 8 heteroatoms. The summed E-state index contributed by atoms with van der Waals surface area (Å²) in [5.41, 5.74) is 1.21. The van der Waals surface area contributed by atoms with E-state index in [9.17, 15) is 18.4 Å². The van der Waals surface area contributed by atoms with E-state index in [-0.39, 0.29) is 12.1 Å². The number of carbonyl (C=O) groups excluding carboxylic acids is 2. The Morgan fingerprint density at radius 2 is 1.85 bits per heavy atom. The number of halogens is 3. The lowest BCUT2D eigenvalue weighted by Gasteiger charge is -2.29. The smallest absolute Gasteiger partial charge is 0.342 e. The monoisotopic (exact) mass is 472 g/mol. The molecule has 0 atom stereocenters. The molecule has 3 aromatic rings. The normalized spacial score (nSPS) is 15.3. The number of H-pyrrole nitrogens is 1. The summed E-state index contributed by atoms with van der Waals surface area (Å²) in [5.74, 6) is -3.27. The molecule has 0 spiro atoms. The Hall–Kier alpha value is -3.19. The number of hydrogen-bond acceptors (Lipinski definition) is 3. The van der Waals surface area contributed by atoms with Crippen LogP contribution in [0.4, 0.5) is 8.78 Å². The number of esters is 1. The summed E-state index contributed by atoms with van der Waals surface area (Å²) in [6.07, 6.45) is 0.955. The quantitative estimate of drug-likeness (QED) is 0.385. The standard InChI is InChI=1S/C25H23ClF2N2O3/c1-13(2)33-24(32)16-11-30(23(31)15-9-19(28)17(26)10-18(15)27)12-25(3,4)21-14-7-5-6-8-20(14)29-22(16)21/h5-11,13,29H,12H2,1-4H3. The highest BCUT2D eigenvalue weighted by atomic mass is 35.5. The SMILES string of the molecule is CC(C)OC(=O)C1=CN(C(=O)c2cc(F)c(Cl)cc2F)CC(C)(C)c2c1[nH]c1ccccc21. The third-order valence-corrected chi connectivity index (χ3v) is 5.86. The van der Waals surface area contributed by atoms with Crippen LogP contribution in [0.15, 0.2) is 42.6 Å². The van der Waals surface area contributed by atoms with E-state index in [1.807, 2.05) is 38.1 Å². The molecule has 33 heavy (non-hydrogen) atoms. The van der Waals surface area contributed by atoms with Crippen molar-refractivity contribution in [3.63, 3.8) is 0 Å². The Labute approximate surface area is 195 Å². The van der Waals surface area contributed by atoms with Gasteiger partial charge >= 0.3 is 5.97 Å². The van der Waals surface area contributed by atoms with Crippen molar-refractivity contribution in [3.05, 3.63) is 76.1 Å². The number of ether oxygens (including phenoxy) is 1. The molecule has 2 heterocycles. The molecule has 1 aliphatic rings. The summed E-state index contributed by atoms with van der Waals surface area (Å²) in [4.78, 5) is 30.9. The van der Waals surface area contributed by atoms with Gasteiger partial charge in [0.25, 0.3) is 5.91 Å². The Kier molecular flexibility index (Phi) is 5.78. The summed E-state index contributed by atoms with van der Waals surface area (Å²) in [6, 6.07) is 9.15. The Bertz CT molecular complexity index is 1310.